The molecule has 0 amide bonds. The summed E-state index contributed by atoms with van der Waals surface area (Å²) in [5.74, 6) is -2.58. The molecule has 4 nitrogen and oxygen atoms in total. The number of carbonyl (C=O) groups is 1. The Morgan fingerprint density at radius 3 is 2.38 bits per heavy atom. The van der Waals surface area contributed by atoms with Gasteiger partial charge in [-0.05, 0) is 24.3 Å². The zero-order valence-corrected chi connectivity index (χ0v) is 7.86. The van der Waals surface area contributed by atoms with Crippen molar-refractivity contribution in [3.63, 3.8) is 0 Å². The fourth-order valence-electron chi connectivity index (χ4n) is 0.807. The molecule has 0 heterocycles. The number of halogens is 3. The van der Waals surface area contributed by atoms with Gasteiger partial charge in [0.15, 0.2) is 5.84 Å². The van der Waals surface area contributed by atoms with E-state index >= 15 is 0 Å². The summed E-state index contributed by atoms with van der Waals surface area (Å²) >= 11 is 0. The Balaban J connectivity index is 2.70. The molecule has 0 saturated heterocycles. The van der Waals surface area contributed by atoms with Crippen molar-refractivity contribution < 1.29 is 22.8 Å². The molecule has 7 heteroatoms. The molecular weight excluding hydrogens is 225 g/mol. The van der Waals surface area contributed by atoms with E-state index < -0.39 is 18.2 Å². The number of nitrogens with two attached hydrogens (primary N) is 1. The lowest BCUT2D eigenvalue weighted by Crippen LogP contribution is -2.17. The minimum Gasteiger partial charge on any atom is -0.380 e. The van der Waals surface area contributed by atoms with Gasteiger partial charge in [0.1, 0.15) is 5.82 Å². The topological polar surface area (TPSA) is 64.7 Å². The van der Waals surface area contributed by atoms with E-state index in [1.807, 2.05) is 0 Å². The highest BCUT2D eigenvalue weighted by molar-refractivity contribution is 5.97. The first-order chi connectivity index (χ1) is 7.50. The van der Waals surface area contributed by atoms with Gasteiger partial charge in [-0.25, -0.2) is 9.18 Å². The molecule has 1 aromatic carbocycles. The van der Waals surface area contributed by atoms with Gasteiger partial charge in [0.05, 0.1) is 0 Å². The number of oxime groups is 1. The van der Waals surface area contributed by atoms with E-state index in [0.29, 0.717) is 0 Å². The lowest BCUT2D eigenvalue weighted by molar-refractivity contribution is -0.156. The standard InChI is InChI=1S/C9H7F3N2O2/c10-6-3-1-5(2-4-6)8(13)14-16-9(15)7(11)12/h1-4,7H,(H2,13,14). The fraction of sp³-hybridized carbons (Fsp3) is 0.111. The summed E-state index contributed by atoms with van der Waals surface area (Å²) in [7, 11) is 0. The van der Waals surface area contributed by atoms with Crippen LogP contribution in [-0.2, 0) is 9.63 Å². The molecule has 0 bridgehead atoms. The van der Waals surface area contributed by atoms with Gasteiger partial charge in [-0.3, -0.25) is 0 Å². The third-order valence-electron chi connectivity index (χ3n) is 1.55. The maximum Gasteiger partial charge on any atom is 0.400 e. The number of carbonyl (C=O) groups excluding carboxylic acids is 1. The molecule has 0 spiro atoms. The Bertz CT molecular complexity index is 404. The molecule has 2 N–H and O–H groups in total. The first kappa shape index (κ1) is 12.0. The number of rotatable bonds is 3. The van der Waals surface area contributed by atoms with E-state index in [2.05, 4.69) is 9.99 Å². The predicted octanol–water partition coefficient (Wildman–Crippen LogP) is 1.25. The first-order valence-electron chi connectivity index (χ1n) is 4.09. The van der Waals surface area contributed by atoms with Crippen LogP contribution >= 0.6 is 0 Å². The highest BCUT2D eigenvalue weighted by Gasteiger charge is 2.17. The molecule has 0 radical (unpaired) electrons. The zero-order valence-electron chi connectivity index (χ0n) is 7.86. The van der Waals surface area contributed by atoms with Crippen molar-refractivity contribution in [1.29, 1.82) is 0 Å². The Hall–Kier alpha value is -2.05. The molecule has 16 heavy (non-hydrogen) atoms. The largest absolute Gasteiger partial charge is 0.400 e. The Morgan fingerprint density at radius 2 is 1.88 bits per heavy atom. The average molecular weight is 232 g/mol. The van der Waals surface area contributed by atoms with Gasteiger partial charge in [-0.15, -0.1) is 0 Å². The summed E-state index contributed by atoms with van der Waals surface area (Å²) in [6.07, 6.45) is -3.27. The molecule has 0 saturated carbocycles. The second kappa shape index (κ2) is 5.15. The molecule has 0 unspecified atom stereocenters. The van der Waals surface area contributed by atoms with E-state index in [1.165, 1.54) is 12.1 Å². The lowest BCUT2D eigenvalue weighted by Gasteiger charge is -2.00. The molecule has 1 aromatic rings. The molecular formula is C9H7F3N2O2. The summed E-state index contributed by atoms with van der Waals surface area (Å²) in [6.45, 7) is 0. The average Bonchev–Trinajstić information content (AvgIpc) is 2.26. The van der Waals surface area contributed by atoms with E-state index in [4.69, 9.17) is 5.73 Å². The Labute approximate surface area is 88.5 Å². The van der Waals surface area contributed by atoms with Crippen LogP contribution in [0, 0.1) is 5.82 Å². The number of hydrogen-bond donors (Lipinski definition) is 1. The van der Waals surface area contributed by atoms with Crippen molar-refractivity contribution in [3.05, 3.63) is 35.6 Å². The summed E-state index contributed by atoms with van der Waals surface area (Å²) in [5, 5.41) is 2.99. The molecule has 0 aliphatic rings. The van der Waals surface area contributed by atoms with Crippen LogP contribution in [0.3, 0.4) is 0 Å². The van der Waals surface area contributed by atoms with Gasteiger partial charge >= 0.3 is 12.4 Å². The number of alkyl halides is 2. The Kier molecular flexibility index (Phi) is 3.87. The third kappa shape index (κ3) is 3.26. The van der Waals surface area contributed by atoms with Gasteiger partial charge in [0.25, 0.3) is 0 Å². The number of nitrogens with zero attached hydrogens (tertiary/aromatic N) is 1. The smallest absolute Gasteiger partial charge is 0.380 e. The molecule has 0 aliphatic heterocycles. The SMILES string of the molecule is N/C(=N\OC(=O)C(F)F)c1ccc(F)cc1. The molecule has 0 aromatic heterocycles. The van der Waals surface area contributed by atoms with Crippen molar-refractivity contribution in [3.8, 4) is 0 Å². The van der Waals surface area contributed by atoms with E-state index in [-0.39, 0.29) is 11.4 Å². The van der Waals surface area contributed by atoms with Crippen molar-refractivity contribution in [1.82, 2.24) is 0 Å². The van der Waals surface area contributed by atoms with Crippen molar-refractivity contribution >= 4 is 11.8 Å². The van der Waals surface area contributed by atoms with E-state index in [1.54, 1.807) is 0 Å². The third-order valence-corrected chi connectivity index (χ3v) is 1.55. The van der Waals surface area contributed by atoms with Crippen LogP contribution in [0.2, 0.25) is 0 Å². The van der Waals surface area contributed by atoms with E-state index in [9.17, 15) is 18.0 Å². The monoisotopic (exact) mass is 232 g/mol. The summed E-state index contributed by atoms with van der Waals surface area (Å²) in [5.41, 5.74) is 5.55. The summed E-state index contributed by atoms with van der Waals surface area (Å²) in [4.78, 5) is 14.2. The summed E-state index contributed by atoms with van der Waals surface area (Å²) in [6, 6.07) is 4.74. The fourth-order valence-corrected chi connectivity index (χ4v) is 0.807. The highest BCUT2D eigenvalue weighted by atomic mass is 19.3. The van der Waals surface area contributed by atoms with Crippen LogP contribution in [0.1, 0.15) is 5.56 Å². The molecule has 0 fully saturated rings. The molecule has 1 rings (SSSR count). The quantitative estimate of drug-likeness (QED) is 0.369. The summed E-state index contributed by atoms with van der Waals surface area (Å²) < 4.78 is 35.9. The second-order valence-electron chi connectivity index (χ2n) is 2.69. The normalized spacial score (nSPS) is 11.6. The van der Waals surface area contributed by atoms with Crippen LogP contribution in [0.4, 0.5) is 13.2 Å². The van der Waals surface area contributed by atoms with Crippen LogP contribution in [-0.4, -0.2) is 18.2 Å². The number of benzene rings is 1. The second-order valence-corrected chi connectivity index (χ2v) is 2.69. The molecule has 0 aliphatic carbocycles. The minimum absolute atomic E-state index is 0.253. The van der Waals surface area contributed by atoms with Crippen LogP contribution in [0.5, 0.6) is 0 Å². The van der Waals surface area contributed by atoms with Gasteiger partial charge in [-0.2, -0.15) is 8.78 Å². The maximum atomic E-state index is 12.5. The number of amidine groups is 1. The van der Waals surface area contributed by atoms with Gasteiger partial charge in [0, 0.05) is 5.56 Å². The van der Waals surface area contributed by atoms with Gasteiger partial charge < -0.3 is 10.6 Å². The lowest BCUT2D eigenvalue weighted by atomic mass is 10.2. The Morgan fingerprint density at radius 1 is 1.31 bits per heavy atom. The van der Waals surface area contributed by atoms with Crippen molar-refractivity contribution in [2.24, 2.45) is 10.9 Å². The number of hydrogen-bond acceptors (Lipinski definition) is 3. The van der Waals surface area contributed by atoms with Crippen LogP contribution in [0.25, 0.3) is 0 Å². The molecule has 0 atom stereocenters. The minimum atomic E-state index is -3.27. The van der Waals surface area contributed by atoms with E-state index in [0.717, 1.165) is 12.1 Å². The molecule has 86 valence electrons. The highest BCUT2D eigenvalue weighted by Crippen LogP contribution is 2.03. The predicted molar refractivity (Wildman–Crippen MR) is 49.2 cm³/mol. The maximum absolute atomic E-state index is 12.5. The zero-order chi connectivity index (χ0) is 12.1. The van der Waals surface area contributed by atoms with Crippen LogP contribution < -0.4 is 5.73 Å². The van der Waals surface area contributed by atoms with Gasteiger partial charge in [0.2, 0.25) is 0 Å². The van der Waals surface area contributed by atoms with Crippen molar-refractivity contribution in [2.75, 3.05) is 0 Å². The van der Waals surface area contributed by atoms with Crippen LogP contribution in [0.15, 0.2) is 29.4 Å². The first-order valence-corrected chi connectivity index (χ1v) is 4.09. The van der Waals surface area contributed by atoms with Gasteiger partial charge in [-0.1, -0.05) is 5.16 Å². The van der Waals surface area contributed by atoms with Crippen molar-refractivity contribution in [2.45, 2.75) is 6.43 Å².